The molecule has 0 bridgehead atoms. The Morgan fingerprint density at radius 2 is 2.05 bits per heavy atom. The summed E-state index contributed by atoms with van der Waals surface area (Å²) in [5.41, 5.74) is 0.563. The Labute approximate surface area is 124 Å². The Balaban J connectivity index is 3.07. The fourth-order valence-electron chi connectivity index (χ4n) is 1.73. The molecule has 0 spiro atoms. The molecular formula is C13H19ClFNO3S. The zero-order valence-corrected chi connectivity index (χ0v) is 13.2. The van der Waals surface area contributed by atoms with E-state index in [2.05, 4.69) is 0 Å². The first kappa shape index (κ1) is 17.4. The van der Waals surface area contributed by atoms with E-state index >= 15 is 0 Å². The summed E-state index contributed by atoms with van der Waals surface area (Å²) in [5.74, 6) is -0.637. The minimum absolute atomic E-state index is 0.133. The van der Waals surface area contributed by atoms with E-state index in [1.165, 1.54) is 16.4 Å². The molecule has 114 valence electrons. The van der Waals surface area contributed by atoms with Gasteiger partial charge in [0.2, 0.25) is 10.0 Å². The molecule has 0 heterocycles. The van der Waals surface area contributed by atoms with Gasteiger partial charge in [-0.15, -0.1) is 11.6 Å². The van der Waals surface area contributed by atoms with Gasteiger partial charge in [-0.1, -0.05) is 13.0 Å². The molecule has 0 saturated carbocycles. The molecule has 0 atom stereocenters. The van der Waals surface area contributed by atoms with Crippen molar-refractivity contribution in [1.82, 2.24) is 4.31 Å². The monoisotopic (exact) mass is 323 g/mol. The van der Waals surface area contributed by atoms with E-state index in [1.54, 1.807) is 6.92 Å². The summed E-state index contributed by atoms with van der Waals surface area (Å²) >= 11 is 5.67. The van der Waals surface area contributed by atoms with Crippen molar-refractivity contribution in [2.45, 2.75) is 24.6 Å². The average Bonchev–Trinajstić information content (AvgIpc) is 2.43. The molecule has 0 amide bonds. The van der Waals surface area contributed by atoms with Crippen LogP contribution in [0.5, 0.6) is 0 Å². The van der Waals surface area contributed by atoms with E-state index in [0.29, 0.717) is 12.2 Å². The summed E-state index contributed by atoms with van der Waals surface area (Å²) in [7, 11) is -3.88. The highest BCUT2D eigenvalue weighted by molar-refractivity contribution is 7.89. The van der Waals surface area contributed by atoms with Crippen molar-refractivity contribution in [3.63, 3.8) is 0 Å². The van der Waals surface area contributed by atoms with Crippen LogP contribution in [0.2, 0.25) is 0 Å². The van der Waals surface area contributed by atoms with Crippen molar-refractivity contribution in [1.29, 1.82) is 0 Å². The maximum atomic E-state index is 13.8. The smallest absolute Gasteiger partial charge is 0.246 e. The molecule has 0 unspecified atom stereocenters. The van der Waals surface area contributed by atoms with Crippen LogP contribution in [0.3, 0.4) is 0 Å². The Hall–Kier alpha value is -0.690. The Kier molecular flexibility index (Phi) is 6.88. The summed E-state index contributed by atoms with van der Waals surface area (Å²) < 4.78 is 45.0. The summed E-state index contributed by atoms with van der Waals surface area (Å²) in [4.78, 5) is -0.339. The zero-order chi connectivity index (χ0) is 15.2. The average molecular weight is 324 g/mol. The summed E-state index contributed by atoms with van der Waals surface area (Å²) in [6.07, 6.45) is 0. The van der Waals surface area contributed by atoms with Gasteiger partial charge in [0.25, 0.3) is 0 Å². The first-order valence-electron chi connectivity index (χ1n) is 6.39. The first-order chi connectivity index (χ1) is 9.47. The number of hydrogen-bond donors (Lipinski definition) is 0. The molecule has 0 saturated heterocycles. The molecule has 0 aliphatic heterocycles. The summed E-state index contributed by atoms with van der Waals surface area (Å²) in [6.45, 7) is 4.76. The van der Waals surface area contributed by atoms with Crippen LogP contribution in [-0.2, 0) is 20.6 Å². The third-order valence-corrected chi connectivity index (χ3v) is 5.11. The van der Waals surface area contributed by atoms with Crippen LogP contribution in [0.25, 0.3) is 0 Å². The summed E-state index contributed by atoms with van der Waals surface area (Å²) in [5, 5.41) is 0. The molecule has 7 heteroatoms. The second kappa shape index (κ2) is 7.93. The zero-order valence-electron chi connectivity index (χ0n) is 11.6. The normalized spacial score (nSPS) is 12.1. The second-order valence-electron chi connectivity index (χ2n) is 4.09. The number of halogens is 2. The fraction of sp³-hybridized carbons (Fsp3) is 0.538. The number of likely N-dealkylation sites (N-methyl/N-ethyl adjacent to an activating group) is 1. The number of sulfonamides is 1. The third kappa shape index (κ3) is 4.15. The van der Waals surface area contributed by atoms with E-state index < -0.39 is 15.8 Å². The fourth-order valence-corrected chi connectivity index (χ4v) is 3.44. The first-order valence-corrected chi connectivity index (χ1v) is 8.37. The molecule has 0 radical (unpaired) electrons. The van der Waals surface area contributed by atoms with Crippen LogP contribution in [-0.4, -0.2) is 39.0 Å². The molecule has 1 rings (SSSR count). The van der Waals surface area contributed by atoms with Gasteiger partial charge in [-0.25, -0.2) is 12.8 Å². The van der Waals surface area contributed by atoms with E-state index in [0.717, 1.165) is 6.07 Å². The highest BCUT2D eigenvalue weighted by Gasteiger charge is 2.26. The van der Waals surface area contributed by atoms with Crippen LogP contribution >= 0.6 is 11.6 Å². The maximum Gasteiger partial charge on any atom is 0.246 e. The van der Waals surface area contributed by atoms with Gasteiger partial charge in [-0.3, -0.25) is 0 Å². The van der Waals surface area contributed by atoms with Crippen molar-refractivity contribution in [3.05, 3.63) is 29.6 Å². The lowest BCUT2D eigenvalue weighted by molar-refractivity contribution is 0.135. The van der Waals surface area contributed by atoms with E-state index in [4.69, 9.17) is 16.3 Å². The van der Waals surface area contributed by atoms with Gasteiger partial charge in [0.15, 0.2) is 0 Å². The highest BCUT2D eigenvalue weighted by Crippen LogP contribution is 2.21. The molecule has 0 aliphatic carbocycles. The number of hydrogen-bond acceptors (Lipinski definition) is 3. The lowest BCUT2D eigenvalue weighted by atomic mass is 10.2. The van der Waals surface area contributed by atoms with Crippen molar-refractivity contribution in [2.75, 3.05) is 26.3 Å². The standard InChI is InChI=1S/C13H19ClFNO3S/c1-3-16(7-8-19-4-2)20(17,18)13-9-11(10-14)5-6-12(13)15/h5-6,9H,3-4,7-8,10H2,1-2H3. The van der Waals surface area contributed by atoms with Crippen LogP contribution in [0.1, 0.15) is 19.4 Å². The number of nitrogens with zero attached hydrogens (tertiary/aromatic N) is 1. The van der Waals surface area contributed by atoms with Gasteiger partial charge in [0.05, 0.1) is 6.61 Å². The minimum atomic E-state index is -3.88. The van der Waals surface area contributed by atoms with Gasteiger partial charge in [0.1, 0.15) is 10.7 Å². The molecule has 1 aromatic carbocycles. The number of ether oxygens (including phenoxy) is 1. The molecule has 0 N–H and O–H groups in total. The SMILES string of the molecule is CCOCCN(CC)S(=O)(=O)c1cc(CCl)ccc1F. The summed E-state index contributed by atoms with van der Waals surface area (Å²) in [6, 6.07) is 3.87. The molecule has 0 aromatic heterocycles. The Morgan fingerprint density at radius 1 is 1.35 bits per heavy atom. The second-order valence-corrected chi connectivity index (χ2v) is 6.27. The number of rotatable bonds is 8. The van der Waals surface area contributed by atoms with E-state index in [-0.39, 0.29) is 30.5 Å². The van der Waals surface area contributed by atoms with Gasteiger partial charge in [-0.2, -0.15) is 4.31 Å². The lowest BCUT2D eigenvalue weighted by Gasteiger charge is -2.21. The topological polar surface area (TPSA) is 46.6 Å². The van der Waals surface area contributed by atoms with Crippen LogP contribution in [0.15, 0.2) is 23.1 Å². The Bertz CT molecular complexity index is 536. The van der Waals surface area contributed by atoms with Crippen molar-refractivity contribution in [3.8, 4) is 0 Å². The van der Waals surface area contributed by atoms with Gasteiger partial charge >= 0.3 is 0 Å². The van der Waals surface area contributed by atoms with Crippen molar-refractivity contribution >= 4 is 21.6 Å². The lowest BCUT2D eigenvalue weighted by Crippen LogP contribution is -2.34. The molecule has 1 aromatic rings. The van der Waals surface area contributed by atoms with Crippen LogP contribution < -0.4 is 0 Å². The van der Waals surface area contributed by atoms with Crippen LogP contribution in [0.4, 0.5) is 4.39 Å². The molecule has 0 aliphatic rings. The van der Waals surface area contributed by atoms with E-state index in [1.807, 2.05) is 6.92 Å². The predicted octanol–water partition coefficient (Wildman–Crippen LogP) is 2.61. The molecule has 20 heavy (non-hydrogen) atoms. The molecule has 0 fully saturated rings. The van der Waals surface area contributed by atoms with Gasteiger partial charge < -0.3 is 4.74 Å². The molecule has 4 nitrogen and oxygen atoms in total. The highest BCUT2D eigenvalue weighted by atomic mass is 35.5. The minimum Gasteiger partial charge on any atom is -0.380 e. The van der Waals surface area contributed by atoms with Gasteiger partial charge in [0, 0.05) is 25.6 Å². The predicted molar refractivity (Wildman–Crippen MR) is 76.9 cm³/mol. The van der Waals surface area contributed by atoms with Gasteiger partial charge in [-0.05, 0) is 24.6 Å². The third-order valence-electron chi connectivity index (χ3n) is 2.81. The molecular weight excluding hydrogens is 305 g/mol. The van der Waals surface area contributed by atoms with Crippen molar-refractivity contribution in [2.24, 2.45) is 0 Å². The quantitative estimate of drug-likeness (QED) is 0.546. The largest absolute Gasteiger partial charge is 0.380 e. The maximum absolute atomic E-state index is 13.8. The van der Waals surface area contributed by atoms with Crippen LogP contribution in [0, 0.1) is 5.82 Å². The van der Waals surface area contributed by atoms with Crippen molar-refractivity contribution < 1.29 is 17.5 Å². The number of benzene rings is 1. The Morgan fingerprint density at radius 3 is 2.60 bits per heavy atom. The number of alkyl halides is 1. The van der Waals surface area contributed by atoms with E-state index in [9.17, 15) is 12.8 Å².